The third kappa shape index (κ3) is 3.20. The third-order valence-electron chi connectivity index (χ3n) is 3.44. The van der Waals surface area contributed by atoms with E-state index in [9.17, 15) is 13.2 Å². The van der Waals surface area contributed by atoms with Crippen LogP contribution in [0.3, 0.4) is 0 Å². The summed E-state index contributed by atoms with van der Waals surface area (Å²) in [4.78, 5) is 11.4. The largest absolute Gasteiger partial charge is 0.369 e. The maximum Gasteiger partial charge on any atom is 0.245 e. The molecule has 1 saturated heterocycles. The average molecular weight is 300 g/mol. The Hall–Kier alpha value is -1.38. The van der Waals surface area contributed by atoms with E-state index < -0.39 is 15.9 Å². The Labute approximate surface area is 118 Å². The number of rotatable bonds is 5. The van der Waals surface area contributed by atoms with Crippen molar-refractivity contribution in [2.45, 2.75) is 23.8 Å². The summed E-state index contributed by atoms with van der Waals surface area (Å²) in [6.07, 6.45) is 4.56. The Morgan fingerprint density at radius 1 is 1.50 bits per heavy atom. The van der Waals surface area contributed by atoms with Gasteiger partial charge in [-0.15, -0.1) is 0 Å². The lowest BCUT2D eigenvalue weighted by molar-refractivity contribution is -0.118. The zero-order chi connectivity index (χ0) is 14.8. The van der Waals surface area contributed by atoms with Crippen molar-refractivity contribution in [2.24, 2.45) is 12.8 Å². The third-order valence-corrected chi connectivity index (χ3v) is 5.32. The number of nitrogens with one attached hydrogen (secondary N) is 1. The molecule has 0 aromatic carbocycles. The number of sulfonamides is 1. The fourth-order valence-electron chi connectivity index (χ4n) is 2.42. The van der Waals surface area contributed by atoms with E-state index in [0.29, 0.717) is 12.8 Å². The number of hydrogen-bond donors (Lipinski definition) is 2. The Kier molecular flexibility index (Phi) is 4.46. The van der Waals surface area contributed by atoms with Gasteiger partial charge in [0.05, 0.1) is 11.4 Å². The number of hydrogen-bond acceptors (Lipinski definition) is 4. The van der Waals surface area contributed by atoms with Crippen molar-refractivity contribution in [2.75, 3.05) is 19.6 Å². The van der Waals surface area contributed by atoms with Crippen molar-refractivity contribution in [3.05, 3.63) is 18.5 Å². The molecule has 112 valence electrons. The number of aryl methyl sites for hydroxylation is 1. The van der Waals surface area contributed by atoms with E-state index in [1.165, 1.54) is 16.6 Å². The van der Waals surface area contributed by atoms with Crippen LogP contribution in [-0.2, 0) is 21.9 Å². The lowest BCUT2D eigenvalue weighted by Crippen LogP contribution is -2.49. The molecular weight excluding hydrogens is 280 g/mol. The number of nitrogens with two attached hydrogens (primary N) is 1. The van der Waals surface area contributed by atoms with Gasteiger partial charge < -0.3 is 15.6 Å². The van der Waals surface area contributed by atoms with Crippen LogP contribution in [0.5, 0.6) is 0 Å². The molecule has 8 heteroatoms. The summed E-state index contributed by atoms with van der Waals surface area (Å²) in [7, 11) is -1.94. The Bertz CT molecular complexity index is 575. The van der Waals surface area contributed by atoms with E-state index in [4.69, 9.17) is 5.73 Å². The molecule has 20 heavy (non-hydrogen) atoms. The van der Waals surface area contributed by atoms with E-state index in [1.807, 2.05) is 0 Å². The predicted octanol–water partition coefficient (Wildman–Crippen LogP) is -0.747. The molecule has 0 saturated carbocycles. The van der Waals surface area contributed by atoms with Crippen LogP contribution in [0.2, 0.25) is 0 Å². The van der Waals surface area contributed by atoms with Gasteiger partial charge in [0.1, 0.15) is 0 Å². The van der Waals surface area contributed by atoms with Gasteiger partial charge in [0, 0.05) is 25.5 Å². The minimum absolute atomic E-state index is 0.186. The second-order valence-corrected chi connectivity index (χ2v) is 6.90. The van der Waals surface area contributed by atoms with Crippen molar-refractivity contribution in [3.8, 4) is 0 Å². The topological polar surface area (TPSA) is 97.4 Å². The highest BCUT2D eigenvalue weighted by Gasteiger charge is 2.33. The molecule has 1 amide bonds. The van der Waals surface area contributed by atoms with Gasteiger partial charge in [-0.1, -0.05) is 0 Å². The number of nitrogens with zero attached hydrogens (tertiary/aromatic N) is 2. The van der Waals surface area contributed by atoms with Crippen LogP contribution in [0.4, 0.5) is 0 Å². The molecule has 1 aromatic heterocycles. The van der Waals surface area contributed by atoms with Crippen LogP contribution in [-0.4, -0.2) is 48.9 Å². The maximum atomic E-state index is 12.7. The summed E-state index contributed by atoms with van der Waals surface area (Å²) in [5.74, 6) is -0.636. The highest BCUT2D eigenvalue weighted by molar-refractivity contribution is 7.89. The highest BCUT2D eigenvalue weighted by Crippen LogP contribution is 2.22. The molecular formula is C12H20N4O3S. The average Bonchev–Trinajstić information content (AvgIpc) is 2.84. The lowest BCUT2D eigenvalue weighted by Gasteiger charge is -2.32. The van der Waals surface area contributed by atoms with Crippen molar-refractivity contribution >= 4 is 15.9 Å². The fraction of sp³-hybridized carbons (Fsp3) is 0.583. The molecule has 0 unspecified atom stereocenters. The monoisotopic (exact) mass is 300 g/mol. The molecule has 1 aromatic rings. The molecule has 2 rings (SSSR count). The molecule has 2 heterocycles. The SMILES string of the molecule is Cn1ccc(S(=O)(=O)N(CC(N)=O)C2CCNCC2)c1. The summed E-state index contributed by atoms with van der Waals surface area (Å²) in [6, 6.07) is 1.35. The van der Waals surface area contributed by atoms with Gasteiger partial charge in [-0.05, 0) is 32.0 Å². The number of amides is 1. The van der Waals surface area contributed by atoms with Crippen molar-refractivity contribution in [1.82, 2.24) is 14.2 Å². The number of aromatic nitrogens is 1. The van der Waals surface area contributed by atoms with Gasteiger partial charge >= 0.3 is 0 Å². The molecule has 7 nitrogen and oxygen atoms in total. The summed E-state index contributed by atoms with van der Waals surface area (Å²) >= 11 is 0. The summed E-state index contributed by atoms with van der Waals surface area (Å²) in [5.41, 5.74) is 5.21. The van der Waals surface area contributed by atoms with E-state index in [1.54, 1.807) is 17.8 Å². The molecule has 1 fully saturated rings. The van der Waals surface area contributed by atoms with Crippen LogP contribution in [0.15, 0.2) is 23.4 Å². The first kappa shape index (κ1) is 15.0. The zero-order valence-corrected chi connectivity index (χ0v) is 12.3. The summed E-state index contributed by atoms with van der Waals surface area (Å²) < 4.78 is 28.2. The molecule has 1 aliphatic heterocycles. The smallest absolute Gasteiger partial charge is 0.245 e. The first-order chi connectivity index (χ1) is 9.41. The number of carbonyl (C=O) groups excluding carboxylic acids is 1. The van der Waals surface area contributed by atoms with E-state index in [0.717, 1.165) is 13.1 Å². The van der Waals surface area contributed by atoms with Gasteiger partial charge in [-0.2, -0.15) is 4.31 Å². The van der Waals surface area contributed by atoms with Crippen molar-refractivity contribution in [1.29, 1.82) is 0 Å². The van der Waals surface area contributed by atoms with E-state index in [2.05, 4.69) is 5.32 Å². The summed E-state index contributed by atoms with van der Waals surface area (Å²) in [6.45, 7) is 1.20. The minimum Gasteiger partial charge on any atom is -0.369 e. The molecule has 0 spiro atoms. The van der Waals surface area contributed by atoms with Crippen molar-refractivity contribution < 1.29 is 13.2 Å². The highest BCUT2D eigenvalue weighted by atomic mass is 32.2. The first-order valence-corrected chi connectivity index (χ1v) is 7.98. The minimum atomic E-state index is -3.69. The number of primary amides is 1. The molecule has 1 aliphatic rings. The van der Waals surface area contributed by atoms with Crippen LogP contribution in [0.1, 0.15) is 12.8 Å². The normalized spacial score (nSPS) is 17.5. The summed E-state index contributed by atoms with van der Waals surface area (Å²) in [5, 5.41) is 3.18. The zero-order valence-electron chi connectivity index (χ0n) is 11.4. The van der Waals surface area contributed by atoms with Gasteiger partial charge in [-0.25, -0.2) is 8.42 Å². The second kappa shape index (κ2) is 5.94. The number of piperidine rings is 1. The molecule has 0 atom stereocenters. The van der Waals surface area contributed by atoms with Crippen LogP contribution in [0.25, 0.3) is 0 Å². The number of carbonyl (C=O) groups is 1. The van der Waals surface area contributed by atoms with Crippen molar-refractivity contribution in [3.63, 3.8) is 0 Å². The van der Waals surface area contributed by atoms with E-state index in [-0.39, 0.29) is 17.5 Å². The first-order valence-electron chi connectivity index (χ1n) is 6.54. The van der Waals surface area contributed by atoms with Gasteiger partial charge in [0.2, 0.25) is 15.9 Å². The molecule has 0 aliphatic carbocycles. The Balaban J connectivity index is 2.31. The lowest BCUT2D eigenvalue weighted by atomic mass is 10.1. The molecule has 0 bridgehead atoms. The van der Waals surface area contributed by atoms with E-state index >= 15 is 0 Å². The Morgan fingerprint density at radius 3 is 2.65 bits per heavy atom. The molecule has 3 N–H and O–H groups in total. The van der Waals surface area contributed by atoms with Gasteiger partial charge in [0.15, 0.2) is 0 Å². The van der Waals surface area contributed by atoms with Gasteiger partial charge in [-0.3, -0.25) is 4.79 Å². The standard InChI is InChI=1S/C12H20N4O3S/c1-15-7-4-11(8-15)20(18,19)16(9-12(13)17)10-2-5-14-6-3-10/h4,7-8,10,14H,2-3,5-6,9H2,1H3,(H2,13,17). The maximum absolute atomic E-state index is 12.7. The fourth-order valence-corrected chi connectivity index (χ4v) is 4.13. The van der Waals surface area contributed by atoms with Crippen LogP contribution < -0.4 is 11.1 Å². The van der Waals surface area contributed by atoms with Gasteiger partial charge in [0.25, 0.3) is 0 Å². The van der Waals surface area contributed by atoms with Crippen LogP contribution >= 0.6 is 0 Å². The predicted molar refractivity (Wildman–Crippen MR) is 74.4 cm³/mol. The Morgan fingerprint density at radius 2 is 2.15 bits per heavy atom. The quantitative estimate of drug-likeness (QED) is 0.748. The second-order valence-electron chi connectivity index (χ2n) is 5.01. The molecule has 0 radical (unpaired) electrons. The van der Waals surface area contributed by atoms with Crippen LogP contribution in [0, 0.1) is 0 Å².